The summed E-state index contributed by atoms with van der Waals surface area (Å²) < 4.78 is 3.98. The van der Waals surface area contributed by atoms with Crippen LogP contribution in [0.3, 0.4) is 0 Å². The van der Waals surface area contributed by atoms with Gasteiger partial charge in [0.15, 0.2) is 0 Å². The van der Waals surface area contributed by atoms with Crippen LogP contribution in [0, 0.1) is 0 Å². The summed E-state index contributed by atoms with van der Waals surface area (Å²) in [6, 6.07) is 8.37. The summed E-state index contributed by atoms with van der Waals surface area (Å²) in [4.78, 5) is 2.62. The molecular weight excluding hydrogens is 200 g/mol. The maximum atomic E-state index is 4.15. The summed E-state index contributed by atoms with van der Waals surface area (Å²) in [6.45, 7) is 0. The zero-order valence-electron chi connectivity index (χ0n) is 6.73. The second-order valence-electron chi connectivity index (χ2n) is 2.83. The van der Waals surface area contributed by atoms with Gasteiger partial charge >= 0.3 is 0 Å². The summed E-state index contributed by atoms with van der Waals surface area (Å²) in [5.41, 5.74) is 2.32. The standard InChI is InChI=1S/C9H6N2S2/c1-2-4-7-6(3-1)9-8(5-12-7)13-11-10-9/h1-4H,5H2. The molecule has 13 heavy (non-hydrogen) atoms. The average Bonchev–Trinajstić information content (AvgIpc) is 2.65. The van der Waals surface area contributed by atoms with Crippen molar-refractivity contribution in [2.45, 2.75) is 10.6 Å². The minimum atomic E-state index is 1.02. The average molecular weight is 206 g/mol. The lowest BCUT2D eigenvalue weighted by molar-refractivity contribution is 1.14. The van der Waals surface area contributed by atoms with Gasteiger partial charge in [0.05, 0.1) is 4.88 Å². The number of rotatable bonds is 0. The van der Waals surface area contributed by atoms with E-state index in [1.165, 1.54) is 26.9 Å². The van der Waals surface area contributed by atoms with E-state index in [2.05, 4.69) is 27.8 Å². The molecule has 4 heteroatoms. The highest BCUT2D eigenvalue weighted by atomic mass is 32.2. The number of benzene rings is 1. The molecule has 0 spiro atoms. The molecule has 0 atom stereocenters. The SMILES string of the molecule is c1ccc2c(c1)SCc1snnc1-2. The van der Waals surface area contributed by atoms with E-state index in [0.717, 1.165) is 11.4 Å². The largest absolute Gasteiger partial charge is 0.138 e. The third kappa shape index (κ3) is 1.09. The van der Waals surface area contributed by atoms with Crippen LogP contribution < -0.4 is 0 Å². The van der Waals surface area contributed by atoms with Gasteiger partial charge in [0, 0.05) is 16.2 Å². The van der Waals surface area contributed by atoms with Crippen molar-refractivity contribution in [2.75, 3.05) is 0 Å². The van der Waals surface area contributed by atoms with Crippen molar-refractivity contribution in [3.8, 4) is 11.3 Å². The fraction of sp³-hybridized carbons (Fsp3) is 0.111. The molecule has 0 saturated heterocycles. The van der Waals surface area contributed by atoms with Crippen LogP contribution in [-0.2, 0) is 5.75 Å². The molecule has 1 aliphatic heterocycles. The Balaban J connectivity index is 2.30. The number of hydrogen-bond donors (Lipinski definition) is 0. The summed E-state index contributed by atoms with van der Waals surface area (Å²) in [5.74, 6) is 1.02. The third-order valence-corrected chi connectivity index (χ3v) is 4.06. The van der Waals surface area contributed by atoms with Gasteiger partial charge in [-0.25, -0.2) is 0 Å². The predicted molar refractivity (Wildman–Crippen MR) is 54.9 cm³/mol. The Morgan fingerprint density at radius 1 is 1.23 bits per heavy atom. The van der Waals surface area contributed by atoms with Gasteiger partial charge in [-0.2, -0.15) is 0 Å². The number of hydrogen-bond acceptors (Lipinski definition) is 4. The van der Waals surface area contributed by atoms with Crippen LogP contribution in [0.4, 0.5) is 0 Å². The molecule has 1 aliphatic rings. The fourth-order valence-electron chi connectivity index (χ4n) is 1.44. The Morgan fingerprint density at radius 2 is 2.15 bits per heavy atom. The van der Waals surface area contributed by atoms with Crippen molar-refractivity contribution in [1.82, 2.24) is 9.59 Å². The third-order valence-electron chi connectivity index (χ3n) is 2.06. The highest BCUT2D eigenvalue weighted by molar-refractivity contribution is 7.98. The highest BCUT2D eigenvalue weighted by Gasteiger charge is 2.18. The number of aromatic nitrogens is 2. The summed E-state index contributed by atoms with van der Waals surface area (Å²) >= 11 is 3.37. The van der Waals surface area contributed by atoms with Gasteiger partial charge in [0.25, 0.3) is 0 Å². The summed E-state index contributed by atoms with van der Waals surface area (Å²) in [6.07, 6.45) is 0. The normalized spacial score (nSPS) is 13.5. The lowest BCUT2D eigenvalue weighted by atomic mass is 10.1. The van der Waals surface area contributed by atoms with Crippen LogP contribution >= 0.6 is 23.3 Å². The maximum absolute atomic E-state index is 4.15. The molecule has 2 aromatic rings. The smallest absolute Gasteiger partial charge is 0.111 e. The highest BCUT2D eigenvalue weighted by Crippen LogP contribution is 2.41. The molecule has 0 N–H and O–H groups in total. The molecule has 0 aliphatic carbocycles. The lowest BCUT2D eigenvalue weighted by Crippen LogP contribution is -1.92. The molecule has 2 nitrogen and oxygen atoms in total. The molecule has 0 saturated carbocycles. The fourth-order valence-corrected chi connectivity index (χ4v) is 3.20. The van der Waals surface area contributed by atoms with Crippen LogP contribution in [-0.4, -0.2) is 9.59 Å². The first-order valence-corrected chi connectivity index (χ1v) is 5.74. The van der Waals surface area contributed by atoms with E-state index in [-0.39, 0.29) is 0 Å². The zero-order chi connectivity index (χ0) is 8.67. The van der Waals surface area contributed by atoms with E-state index in [1.807, 2.05) is 17.8 Å². The van der Waals surface area contributed by atoms with Crippen molar-refractivity contribution in [1.29, 1.82) is 0 Å². The molecule has 1 aromatic carbocycles. The van der Waals surface area contributed by atoms with Gasteiger partial charge < -0.3 is 0 Å². The van der Waals surface area contributed by atoms with Crippen LogP contribution in [0.5, 0.6) is 0 Å². The minimum Gasteiger partial charge on any atom is -0.138 e. The second-order valence-corrected chi connectivity index (χ2v) is 4.69. The van der Waals surface area contributed by atoms with Gasteiger partial charge in [-0.1, -0.05) is 22.7 Å². The summed E-state index contributed by atoms with van der Waals surface area (Å²) in [7, 11) is 0. The maximum Gasteiger partial charge on any atom is 0.111 e. The van der Waals surface area contributed by atoms with Crippen molar-refractivity contribution in [3.05, 3.63) is 29.1 Å². The number of thioether (sulfide) groups is 1. The van der Waals surface area contributed by atoms with Crippen LogP contribution in [0.15, 0.2) is 29.2 Å². The Bertz CT molecular complexity index is 450. The molecule has 2 heterocycles. The lowest BCUT2D eigenvalue weighted by Gasteiger charge is -2.12. The van der Waals surface area contributed by atoms with E-state index < -0.39 is 0 Å². The van der Waals surface area contributed by atoms with E-state index in [4.69, 9.17) is 0 Å². The van der Waals surface area contributed by atoms with Gasteiger partial charge in [-0.15, -0.1) is 16.9 Å². The van der Waals surface area contributed by atoms with Gasteiger partial charge in [-0.3, -0.25) is 0 Å². The Hall–Kier alpha value is -0.870. The molecular formula is C9H6N2S2. The Labute approximate surface area is 84.2 Å². The Kier molecular flexibility index (Phi) is 1.63. The van der Waals surface area contributed by atoms with Gasteiger partial charge in [0.1, 0.15) is 5.69 Å². The molecule has 0 amide bonds. The predicted octanol–water partition coefficient (Wildman–Crippen LogP) is 2.81. The first kappa shape index (κ1) is 7.53. The van der Waals surface area contributed by atoms with E-state index >= 15 is 0 Å². The molecule has 0 fully saturated rings. The topological polar surface area (TPSA) is 25.8 Å². The van der Waals surface area contributed by atoms with E-state index in [9.17, 15) is 0 Å². The zero-order valence-corrected chi connectivity index (χ0v) is 8.36. The van der Waals surface area contributed by atoms with Crippen LogP contribution in [0.2, 0.25) is 0 Å². The molecule has 0 unspecified atom stereocenters. The van der Waals surface area contributed by atoms with Crippen LogP contribution in [0.1, 0.15) is 4.88 Å². The molecule has 1 aromatic heterocycles. The monoisotopic (exact) mass is 206 g/mol. The Morgan fingerprint density at radius 3 is 3.15 bits per heavy atom. The number of nitrogens with zero attached hydrogens (tertiary/aromatic N) is 2. The molecule has 0 bridgehead atoms. The van der Waals surface area contributed by atoms with Gasteiger partial charge in [0.2, 0.25) is 0 Å². The molecule has 3 rings (SSSR count). The van der Waals surface area contributed by atoms with Gasteiger partial charge in [-0.05, 0) is 17.6 Å². The van der Waals surface area contributed by atoms with Crippen molar-refractivity contribution >= 4 is 23.3 Å². The van der Waals surface area contributed by atoms with Crippen molar-refractivity contribution < 1.29 is 0 Å². The van der Waals surface area contributed by atoms with Crippen molar-refractivity contribution in [2.24, 2.45) is 0 Å². The summed E-state index contributed by atoms with van der Waals surface area (Å²) in [5, 5.41) is 4.15. The van der Waals surface area contributed by atoms with E-state index in [0.29, 0.717) is 0 Å². The first-order chi connectivity index (χ1) is 6.45. The van der Waals surface area contributed by atoms with Crippen molar-refractivity contribution in [3.63, 3.8) is 0 Å². The van der Waals surface area contributed by atoms with E-state index in [1.54, 1.807) is 0 Å². The van der Waals surface area contributed by atoms with Crippen LogP contribution in [0.25, 0.3) is 11.3 Å². The second kappa shape index (κ2) is 2.82. The first-order valence-electron chi connectivity index (χ1n) is 3.98. The minimum absolute atomic E-state index is 1.02. The quantitative estimate of drug-likeness (QED) is 0.663. The molecule has 64 valence electrons. The molecule has 0 radical (unpaired) electrons. The number of fused-ring (bicyclic) bond motifs is 3.